The van der Waals surface area contributed by atoms with Crippen LogP contribution in [0.3, 0.4) is 0 Å². The van der Waals surface area contributed by atoms with Gasteiger partial charge in [-0.1, -0.05) is 0 Å². The molecule has 0 aromatic carbocycles. The number of aromatic carboxylic acids is 1. The molecular formula is C12H17NO3S. The molecule has 0 spiro atoms. The Hall–Kier alpha value is -0.910. The third kappa shape index (κ3) is 3.06. The minimum Gasteiger partial charge on any atom is -0.477 e. The van der Waals surface area contributed by atoms with E-state index < -0.39 is 5.97 Å². The summed E-state index contributed by atoms with van der Waals surface area (Å²) in [7, 11) is 0. The first kappa shape index (κ1) is 12.5. The summed E-state index contributed by atoms with van der Waals surface area (Å²) in [6.45, 7) is 4.28. The summed E-state index contributed by atoms with van der Waals surface area (Å²) in [5.74, 6) is -0.847. The van der Waals surface area contributed by atoms with Crippen molar-refractivity contribution in [3.63, 3.8) is 0 Å². The van der Waals surface area contributed by atoms with Crippen molar-refractivity contribution < 1.29 is 14.6 Å². The minimum atomic E-state index is -0.847. The van der Waals surface area contributed by atoms with E-state index in [4.69, 9.17) is 9.84 Å². The van der Waals surface area contributed by atoms with Crippen molar-refractivity contribution in [1.82, 2.24) is 5.32 Å². The van der Waals surface area contributed by atoms with Gasteiger partial charge in [0.2, 0.25) is 0 Å². The van der Waals surface area contributed by atoms with E-state index in [1.54, 1.807) is 0 Å². The Bertz CT molecular complexity index is 396. The summed E-state index contributed by atoms with van der Waals surface area (Å²) in [4.78, 5) is 11.3. The Morgan fingerprint density at radius 2 is 2.53 bits per heavy atom. The van der Waals surface area contributed by atoms with Crippen LogP contribution in [0, 0.1) is 0 Å². The highest BCUT2D eigenvalue weighted by molar-refractivity contribution is 7.12. The smallest absolute Gasteiger partial charge is 0.346 e. The maximum atomic E-state index is 10.9. The van der Waals surface area contributed by atoms with Crippen LogP contribution < -0.4 is 5.32 Å². The Morgan fingerprint density at radius 1 is 1.71 bits per heavy atom. The van der Waals surface area contributed by atoms with E-state index in [1.165, 1.54) is 11.3 Å². The summed E-state index contributed by atoms with van der Waals surface area (Å²) in [6, 6.07) is 1.86. The third-order valence-corrected chi connectivity index (χ3v) is 4.00. The predicted octanol–water partition coefficient (Wildman–Crippen LogP) is 2.10. The first-order chi connectivity index (χ1) is 8.11. The summed E-state index contributed by atoms with van der Waals surface area (Å²) >= 11 is 1.27. The van der Waals surface area contributed by atoms with E-state index in [0.717, 1.165) is 31.6 Å². The summed E-state index contributed by atoms with van der Waals surface area (Å²) < 4.78 is 5.66. The highest BCUT2D eigenvalue weighted by atomic mass is 32.1. The van der Waals surface area contributed by atoms with Crippen molar-refractivity contribution in [3.05, 3.63) is 21.9 Å². The van der Waals surface area contributed by atoms with Crippen molar-refractivity contribution in [1.29, 1.82) is 0 Å². The van der Waals surface area contributed by atoms with Crippen LogP contribution in [0.1, 0.15) is 35.0 Å². The molecule has 2 heterocycles. The van der Waals surface area contributed by atoms with Gasteiger partial charge in [-0.05, 0) is 36.8 Å². The molecule has 0 radical (unpaired) electrons. The lowest BCUT2D eigenvalue weighted by Gasteiger charge is -2.23. The van der Waals surface area contributed by atoms with Gasteiger partial charge in [0, 0.05) is 19.7 Å². The number of ether oxygens (including phenoxy) is 1. The maximum absolute atomic E-state index is 10.9. The molecule has 0 saturated carbocycles. The van der Waals surface area contributed by atoms with E-state index in [0.29, 0.717) is 11.4 Å². The molecule has 1 aliphatic heterocycles. The van der Waals surface area contributed by atoms with Gasteiger partial charge in [0.1, 0.15) is 4.88 Å². The Balaban J connectivity index is 1.85. The molecule has 17 heavy (non-hydrogen) atoms. The second-order valence-electron chi connectivity index (χ2n) is 4.59. The average Bonchev–Trinajstić information content (AvgIpc) is 2.87. The van der Waals surface area contributed by atoms with Crippen molar-refractivity contribution in [3.8, 4) is 0 Å². The predicted molar refractivity (Wildman–Crippen MR) is 66.6 cm³/mol. The molecule has 1 fully saturated rings. The van der Waals surface area contributed by atoms with Crippen LogP contribution in [-0.2, 0) is 11.3 Å². The lowest BCUT2D eigenvalue weighted by atomic mass is 10.0. The summed E-state index contributed by atoms with van der Waals surface area (Å²) in [5.41, 5.74) is 0.767. The van der Waals surface area contributed by atoms with Crippen LogP contribution in [-0.4, -0.2) is 29.8 Å². The average molecular weight is 255 g/mol. The molecule has 1 aromatic heterocycles. The number of hydrogen-bond acceptors (Lipinski definition) is 4. The molecule has 1 aliphatic rings. The fraction of sp³-hybridized carbons (Fsp3) is 0.583. The zero-order valence-electron chi connectivity index (χ0n) is 9.86. The van der Waals surface area contributed by atoms with E-state index >= 15 is 0 Å². The number of rotatable bonds is 5. The van der Waals surface area contributed by atoms with Crippen LogP contribution in [0.5, 0.6) is 0 Å². The van der Waals surface area contributed by atoms with Gasteiger partial charge >= 0.3 is 5.97 Å². The summed E-state index contributed by atoms with van der Waals surface area (Å²) in [6.07, 6.45) is 2.17. The zero-order chi connectivity index (χ0) is 12.3. The van der Waals surface area contributed by atoms with Crippen molar-refractivity contribution >= 4 is 17.3 Å². The first-order valence-corrected chi connectivity index (χ1v) is 6.63. The molecule has 0 bridgehead atoms. The number of thiophene rings is 1. The lowest BCUT2D eigenvalue weighted by Crippen LogP contribution is -2.36. The molecule has 4 nitrogen and oxygen atoms in total. The molecule has 94 valence electrons. The molecule has 0 aliphatic carbocycles. The standard InChI is InChI=1S/C12H17NO3S/c1-12(4-2-5-16-12)8-13-7-9-3-6-17-10(9)11(14)15/h3,6,13H,2,4-5,7-8H2,1H3,(H,14,15). The minimum absolute atomic E-state index is 0.0839. The number of hydrogen-bond donors (Lipinski definition) is 2. The number of carboxylic acid groups (broad SMARTS) is 1. The van der Waals surface area contributed by atoms with Crippen LogP contribution in [0.2, 0.25) is 0 Å². The molecule has 2 N–H and O–H groups in total. The normalized spacial score (nSPS) is 24.1. The van der Waals surface area contributed by atoms with Crippen LogP contribution in [0.25, 0.3) is 0 Å². The fourth-order valence-electron chi connectivity index (χ4n) is 2.10. The zero-order valence-corrected chi connectivity index (χ0v) is 10.7. The quantitative estimate of drug-likeness (QED) is 0.846. The van der Waals surface area contributed by atoms with Crippen LogP contribution in [0.15, 0.2) is 11.4 Å². The van der Waals surface area contributed by atoms with E-state index in [9.17, 15) is 4.79 Å². The Kier molecular flexibility index (Phi) is 3.81. The molecule has 1 atom stereocenters. The van der Waals surface area contributed by atoms with Gasteiger partial charge in [-0.25, -0.2) is 4.79 Å². The highest BCUT2D eigenvalue weighted by Gasteiger charge is 2.29. The van der Waals surface area contributed by atoms with Crippen LogP contribution >= 0.6 is 11.3 Å². The molecule has 1 unspecified atom stereocenters. The maximum Gasteiger partial charge on any atom is 0.346 e. The molecule has 2 rings (SSSR count). The van der Waals surface area contributed by atoms with Crippen molar-refractivity contribution in [2.75, 3.05) is 13.2 Å². The van der Waals surface area contributed by atoms with E-state index in [2.05, 4.69) is 12.2 Å². The Labute approximate surface area is 105 Å². The summed E-state index contributed by atoms with van der Waals surface area (Å²) in [5, 5.41) is 14.1. The number of nitrogens with one attached hydrogen (secondary N) is 1. The fourth-order valence-corrected chi connectivity index (χ4v) is 2.86. The van der Waals surface area contributed by atoms with Gasteiger partial charge in [-0.3, -0.25) is 0 Å². The molecular weight excluding hydrogens is 238 g/mol. The van der Waals surface area contributed by atoms with Gasteiger partial charge in [0.05, 0.1) is 5.60 Å². The topological polar surface area (TPSA) is 58.6 Å². The van der Waals surface area contributed by atoms with Crippen molar-refractivity contribution in [2.45, 2.75) is 31.9 Å². The number of carbonyl (C=O) groups is 1. The molecule has 1 aromatic rings. The lowest BCUT2D eigenvalue weighted by molar-refractivity contribution is 0.0207. The molecule has 5 heteroatoms. The Morgan fingerprint density at radius 3 is 3.18 bits per heavy atom. The molecule has 0 amide bonds. The monoisotopic (exact) mass is 255 g/mol. The highest BCUT2D eigenvalue weighted by Crippen LogP contribution is 2.24. The largest absolute Gasteiger partial charge is 0.477 e. The first-order valence-electron chi connectivity index (χ1n) is 5.75. The van der Waals surface area contributed by atoms with Gasteiger partial charge in [-0.15, -0.1) is 11.3 Å². The number of carboxylic acids is 1. The second-order valence-corrected chi connectivity index (χ2v) is 5.50. The third-order valence-electron chi connectivity index (χ3n) is 3.06. The van der Waals surface area contributed by atoms with E-state index in [1.807, 2.05) is 11.4 Å². The van der Waals surface area contributed by atoms with Gasteiger partial charge in [0.25, 0.3) is 0 Å². The van der Waals surface area contributed by atoms with E-state index in [-0.39, 0.29) is 5.60 Å². The van der Waals surface area contributed by atoms with Gasteiger partial charge < -0.3 is 15.2 Å². The second kappa shape index (κ2) is 5.16. The van der Waals surface area contributed by atoms with Gasteiger partial charge in [-0.2, -0.15) is 0 Å². The van der Waals surface area contributed by atoms with Gasteiger partial charge in [0.15, 0.2) is 0 Å². The van der Waals surface area contributed by atoms with Crippen LogP contribution in [0.4, 0.5) is 0 Å². The SMILES string of the molecule is CC1(CNCc2ccsc2C(=O)O)CCCO1. The van der Waals surface area contributed by atoms with Crippen molar-refractivity contribution in [2.24, 2.45) is 0 Å². The molecule has 1 saturated heterocycles.